The summed E-state index contributed by atoms with van der Waals surface area (Å²) in [7, 11) is 3.83. The summed E-state index contributed by atoms with van der Waals surface area (Å²) in [6, 6.07) is 0. The lowest BCUT2D eigenvalue weighted by atomic mass is 10.2. The standard InChI is InChI=1S/C20H26N4O11.CH2S2/c1-20(2,3)33-19(32)21-9-8-12(25)22(10-17(30)34-23-13(26)4-5-14(23)27)11-18(31)35-24-15(28)6-7-16(24)29;1-2-3-1/h4-11H2,1-3H3,(H,21,32);1H2. The molecular weight excluding hydrogens is 548 g/mol. The number of nitrogens with zero attached hydrogens (tertiary/aromatic N) is 3. The summed E-state index contributed by atoms with van der Waals surface area (Å²) >= 11 is 0. The molecule has 3 aliphatic heterocycles. The molecule has 0 aromatic rings. The molecule has 3 fully saturated rings. The van der Waals surface area contributed by atoms with Gasteiger partial charge in [-0.3, -0.25) is 24.0 Å². The topological polar surface area (TPSA) is 186 Å². The highest BCUT2D eigenvalue weighted by Crippen LogP contribution is 2.41. The van der Waals surface area contributed by atoms with E-state index < -0.39 is 66.3 Å². The monoisotopic (exact) mass is 576 g/mol. The maximum Gasteiger partial charge on any atom is 0.407 e. The number of alkyl carbamates (subject to hydrolysis) is 1. The van der Waals surface area contributed by atoms with Gasteiger partial charge in [0.1, 0.15) is 18.7 Å². The van der Waals surface area contributed by atoms with E-state index in [4.69, 9.17) is 14.4 Å². The molecule has 0 radical (unpaired) electrons. The average Bonchev–Trinajstić information content (AvgIpc) is 3.62. The van der Waals surface area contributed by atoms with Gasteiger partial charge in [-0.2, -0.15) is 0 Å². The van der Waals surface area contributed by atoms with Crippen LogP contribution in [0.25, 0.3) is 0 Å². The van der Waals surface area contributed by atoms with Gasteiger partial charge in [-0.25, -0.2) is 14.4 Å². The van der Waals surface area contributed by atoms with E-state index in [1.54, 1.807) is 20.8 Å². The van der Waals surface area contributed by atoms with E-state index in [9.17, 15) is 38.4 Å². The Morgan fingerprint density at radius 2 is 1.21 bits per heavy atom. The smallest absolute Gasteiger partial charge is 0.407 e. The molecule has 38 heavy (non-hydrogen) atoms. The highest BCUT2D eigenvalue weighted by Gasteiger charge is 2.35. The molecule has 3 aliphatic rings. The van der Waals surface area contributed by atoms with Crippen LogP contribution in [-0.4, -0.2) is 92.9 Å². The fourth-order valence-corrected chi connectivity index (χ4v) is 2.86. The van der Waals surface area contributed by atoms with Gasteiger partial charge in [-0.05, 0) is 20.8 Å². The van der Waals surface area contributed by atoms with Crippen LogP contribution < -0.4 is 5.32 Å². The predicted octanol–water partition coefficient (Wildman–Crippen LogP) is 0.283. The number of carbonyl (C=O) groups excluding carboxylic acids is 8. The number of nitrogens with one attached hydrogen (secondary N) is 1. The molecular formula is C21H28N4O11S2. The number of hydrogen-bond donors (Lipinski definition) is 1. The molecule has 0 unspecified atom stereocenters. The van der Waals surface area contributed by atoms with Crippen LogP contribution in [0, 0.1) is 0 Å². The molecule has 15 nitrogen and oxygen atoms in total. The lowest BCUT2D eigenvalue weighted by Crippen LogP contribution is -2.45. The van der Waals surface area contributed by atoms with Crippen LogP contribution in [0.5, 0.6) is 0 Å². The van der Waals surface area contributed by atoms with Gasteiger partial charge in [0.05, 0.1) is 5.08 Å². The van der Waals surface area contributed by atoms with Crippen molar-refractivity contribution in [3.63, 3.8) is 0 Å². The second-order valence-electron chi connectivity index (χ2n) is 8.87. The van der Waals surface area contributed by atoms with Gasteiger partial charge < -0.3 is 24.6 Å². The largest absolute Gasteiger partial charge is 0.444 e. The quantitative estimate of drug-likeness (QED) is 0.224. The van der Waals surface area contributed by atoms with E-state index in [2.05, 4.69) is 5.32 Å². The summed E-state index contributed by atoms with van der Waals surface area (Å²) in [5, 5.41) is 4.22. The lowest BCUT2D eigenvalue weighted by molar-refractivity contribution is -0.201. The second-order valence-corrected chi connectivity index (χ2v) is 11.7. The zero-order valence-corrected chi connectivity index (χ0v) is 22.6. The van der Waals surface area contributed by atoms with Crippen LogP contribution in [0.15, 0.2) is 0 Å². The molecule has 0 aliphatic carbocycles. The minimum atomic E-state index is -1.21. The van der Waals surface area contributed by atoms with Gasteiger partial charge in [-0.1, -0.05) is 21.6 Å². The molecule has 0 aromatic carbocycles. The van der Waals surface area contributed by atoms with E-state index in [-0.39, 0.29) is 48.8 Å². The molecule has 0 saturated carbocycles. The molecule has 0 bridgehead atoms. The minimum absolute atomic E-state index is 0.144. The van der Waals surface area contributed by atoms with Gasteiger partial charge in [-0.15, -0.1) is 10.1 Å². The summed E-state index contributed by atoms with van der Waals surface area (Å²) in [6.07, 6.45) is -1.76. The Morgan fingerprint density at radius 1 is 0.816 bits per heavy atom. The van der Waals surface area contributed by atoms with Crippen molar-refractivity contribution in [3.05, 3.63) is 0 Å². The second kappa shape index (κ2) is 14.0. The first-order chi connectivity index (χ1) is 17.8. The van der Waals surface area contributed by atoms with Crippen molar-refractivity contribution in [1.29, 1.82) is 0 Å². The number of rotatable bonds is 9. The number of ether oxygens (including phenoxy) is 1. The molecule has 6 amide bonds. The van der Waals surface area contributed by atoms with Crippen LogP contribution >= 0.6 is 21.6 Å². The van der Waals surface area contributed by atoms with Crippen molar-refractivity contribution in [2.45, 2.75) is 58.5 Å². The Balaban J connectivity index is 0.00000157. The van der Waals surface area contributed by atoms with E-state index >= 15 is 0 Å². The van der Waals surface area contributed by atoms with Gasteiger partial charge in [0, 0.05) is 38.6 Å². The fraction of sp³-hybridized carbons (Fsp3) is 0.619. The summed E-state index contributed by atoms with van der Waals surface area (Å²) in [6.45, 7) is 2.95. The van der Waals surface area contributed by atoms with Crippen molar-refractivity contribution < 1.29 is 52.8 Å². The summed E-state index contributed by atoms with van der Waals surface area (Å²) in [4.78, 5) is 105. The molecule has 0 aromatic heterocycles. The van der Waals surface area contributed by atoms with Gasteiger partial charge in [0.25, 0.3) is 23.6 Å². The van der Waals surface area contributed by atoms with Crippen LogP contribution in [0.4, 0.5) is 4.79 Å². The first kappa shape index (κ1) is 30.9. The zero-order valence-electron chi connectivity index (χ0n) is 21.0. The molecule has 17 heteroatoms. The Hall–Kier alpha value is -3.34. The Morgan fingerprint density at radius 3 is 1.55 bits per heavy atom. The molecule has 3 saturated heterocycles. The molecule has 3 heterocycles. The first-order valence-corrected chi connectivity index (χ1v) is 13.9. The molecule has 0 atom stereocenters. The number of hydroxylamine groups is 4. The third-order valence-electron chi connectivity index (χ3n) is 4.52. The number of carbonyl (C=O) groups is 8. The van der Waals surface area contributed by atoms with Crippen molar-refractivity contribution in [2.24, 2.45) is 0 Å². The Kier molecular flexibility index (Phi) is 11.4. The lowest BCUT2D eigenvalue weighted by Gasteiger charge is -2.23. The van der Waals surface area contributed by atoms with E-state index in [0.717, 1.165) is 0 Å². The van der Waals surface area contributed by atoms with E-state index in [1.807, 2.05) is 21.6 Å². The van der Waals surface area contributed by atoms with Gasteiger partial charge in [0.2, 0.25) is 5.91 Å². The van der Waals surface area contributed by atoms with Crippen LogP contribution in [-0.2, 0) is 48.0 Å². The maximum absolute atomic E-state index is 12.6. The van der Waals surface area contributed by atoms with E-state index in [1.165, 1.54) is 5.08 Å². The molecule has 0 spiro atoms. The Labute approximate surface area is 225 Å². The van der Waals surface area contributed by atoms with Crippen molar-refractivity contribution in [2.75, 3.05) is 24.7 Å². The Bertz CT molecular complexity index is 909. The minimum Gasteiger partial charge on any atom is -0.444 e. The predicted molar refractivity (Wildman–Crippen MR) is 130 cm³/mol. The van der Waals surface area contributed by atoms with Crippen molar-refractivity contribution >= 4 is 69.2 Å². The molecule has 1 N–H and O–H groups in total. The number of amides is 6. The van der Waals surface area contributed by atoms with Crippen molar-refractivity contribution in [3.8, 4) is 0 Å². The van der Waals surface area contributed by atoms with Crippen LogP contribution in [0.1, 0.15) is 52.9 Å². The van der Waals surface area contributed by atoms with Gasteiger partial charge >= 0.3 is 18.0 Å². The SMILES string of the molecule is C1SS1.CC(C)(C)OC(=O)NCCC(=O)N(CC(=O)ON1C(=O)CCC1=O)CC(=O)ON1C(=O)CCC1=O. The number of hydrogen-bond acceptors (Lipinski definition) is 13. The molecule has 3 rings (SSSR count). The third kappa shape index (κ3) is 11.0. The maximum atomic E-state index is 12.6. The number of imide groups is 2. The highest BCUT2D eigenvalue weighted by molar-refractivity contribution is 8.92. The highest BCUT2D eigenvalue weighted by atomic mass is 33.2. The van der Waals surface area contributed by atoms with Crippen LogP contribution in [0.2, 0.25) is 0 Å². The van der Waals surface area contributed by atoms with Crippen LogP contribution in [0.3, 0.4) is 0 Å². The summed E-state index contributed by atoms with van der Waals surface area (Å²) < 4.78 is 5.04. The zero-order chi connectivity index (χ0) is 28.5. The van der Waals surface area contributed by atoms with E-state index in [0.29, 0.717) is 4.90 Å². The summed E-state index contributed by atoms with van der Waals surface area (Å²) in [5.74, 6) is -6.21. The van der Waals surface area contributed by atoms with Crippen molar-refractivity contribution in [1.82, 2.24) is 20.3 Å². The van der Waals surface area contributed by atoms with Gasteiger partial charge in [0.15, 0.2) is 0 Å². The fourth-order valence-electron chi connectivity index (χ4n) is 2.86. The molecule has 210 valence electrons. The normalized spacial score (nSPS) is 16.5. The third-order valence-corrected chi connectivity index (χ3v) is 5.46. The first-order valence-electron chi connectivity index (χ1n) is 11.4. The summed E-state index contributed by atoms with van der Waals surface area (Å²) in [5.41, 5.74) is -0.775. The average molecular weight is 577 g/mol.